The molecule has 1 aromatic carbocycles. The number of benzene rings is 1. The van der Waals surface area contributed by atoms with Crippen molar-refractivity contribution in [1.29, 1.82) is 0 Å². The highest BCUT2D eigenvalue weighted by molar-refractivity contribution is 5.94. The second kappa shape index (κ2) is 6.59. The minimum Gasteiger partial charge on any atom is -0.497 e. The van der Waals surface area contributed by atoms with Crippen LogP contribution in [0.4, 0.5) is 5.82 Å². The van der Waals surface area contributed by atoms with Gasteiger partial charge in [-0.05, 0) is 29.8 Å². The summed E-state index contributed by atoms with van der Waals surface area (Å²) >= 11 is 0. The third-order valence-corrected chi connectivity index (χ3v) is 4.55. The monoisotopic (exact) mass is 353 g/mol. The molecule has 1 atom stereocenters. The fourth-order valence-electron chi connectivity index (χ4n) is 3.27. The first-order valence-corrected chi connectivity index (χ1v) is 8.29. The zero-order chi connectivity index (χ0) is 18.1. The van der Waals surface area contributed by atoms with Gasteiger partial charge >= 0.3 is 0 Å². The number of methoxy groups -OCH3 is 2. The zero-order valence-corrected chi connectivity index (χ0v) is 14.6. The lowest BCUT2D eigenvalue weighted by Crippen LogP contribution is -2.25. The number of carbonyl (C=O) groups is 1. The fraction of sp³-hybridized carbons (Fsp3) is 0.263. The molecule has 1 aliphatic heterocycles. The van der Waals surface area contributed by atoms with E-state index in [0.717, 1.165) is 16.9 Å². The van der Waals surface area contributed by atoms with Crippen molar-refractivity contribution in [2.24, 2.45) is 0 Å². The highest BCUT2D eigenvalue weighted by Crippen LogP contribution is 2.39. The average molecular weight is 353 g/mol. The standard InChI is InChI=1S/C19H19N3O4/c1-24-14-6-12(7-15(8-14)25-2)16-9-18(23)21-19-17(16)10-20-22(19)11-13-4-3-5-26-13/h3-8,10,16H,9,11H2,1-2H3,(H,21,23)/t16-/m0/s1. The number of anilines is 1. The number of hydrogen-bond acceptors (Lipinski definition) is 5. The van der Waals surface area contributed by atoms with Gasteiger partial charge < -0.3 is 19.2 Å². The lowest BCUT2D eigenvalue weighted by atomic mass is 9.87. The normalized spacial score (nSPS) is 16.1. The van der Waals surface area contributed by atoms with Crippen molar-refractivity contribution >= 4 is 11.7 Å². The summed E-state index contributed by atoms with van der Waals surface area (Å²) in [6.07, 6.45) is 3.76. The molecular formula is C19H19N3O4. The molecule has 0 saturated carbocycles. The number of hydrogen-bond donors (Lipinski definition) is 1. The predicted octanol–water partition coefficient (Wildman–Crippen LogP) is 3.02. The van der Waals surface area contributed by atoms with Gasteiger partial charge in [-0.2, -0.15) is 5.10 Å². The number of ether oxygens (including phenoxy) is 2. The first kappa shape index (κ1) is 16.3. The van der Waals surface area contributed by atoms with Gasteiger partial charge in [0.2, 0.25) is 5.91 Å². The van der Waals surface area contributed by atoms with Crippen LogP contribution in [-0.2, 0) is 11.3 Å². The van der Waals surface area contributed by atoms with Gasteiger partial charge in [0.25, 0.3) is 0 Å². The number of amides is 1. The Balaban J connectivity index is 1.74. The predicted molar refractivity (Wildman–Crippen MR) is 94.7 cm³/mol. The third-order valence-electron chi connectivity index (χ3n) is 4.55. The summed E-state index contributed by atoms with van der Waals surface area (Å²) in [5, 5.41) is 7.38. The summed E-state index contributed by atoms with van der Waals surface area (Å²) in [6.45, 7) is 0.455. The van der Waals surface area contributed by atoms with E-state index in [2.05, 4.69) is 10.4 Å². The second-order valence-corrected chi connectivity index (χ2v) is 6.14. The van der Waals surface area contributed by atoms with Crippen molar-refractivity contribution in [2.45, 2.75) is 18.9 Å². The van der Waals surface area contributed by atoms with E-state index in [-0.39, 0.29) is 11.8 Å². The van der Waals surface area contributed by atoms with Crippen LogP contribution in [0.3, 0.4) is 0 Å². The van der Waals surface area contributed by atoms with Gasteiger partial charge in [-0.15, -0.1) is 0 Å². The van der Waals surface area contributed by atoms with E-state index < -0.39 is 0 Å². The van der Waals surface area contributed by atoms with Crippen molar-refractivity contribution < 1.29 is 18.7 Å². The van der Waals surface area contributed by atoms with E-state index in [9.17, 15) is 4.79 Å². The molecule has 7 nitrogen and oxygen atoms in total. The minimum atomic E-state index is -0.117. The van der Waals surface area contributed by atoms with Crippen molar-refractivity contribution in [2.75, 3.05) is 19.5 Å². The molecule has 0 radical (unpaired) electrons. The molecule has 0 spiro atoms. The van der Waals surface area contributed by atoms with E-state index in [1.54, 1.807) is 31.4 Å². The van der Waals surface area contributed by atoms with E-state index in [1.807, 2.05) is 30.3 Å². The Labute approximate surface area is 150 Å². The molecule has 0 saturated heterocycles. The lowest BCUT2D eigenvalue weighted by molar-refractivity contribution is -0.116. The molecule has 0 unspecified atom stereocenters. The van der Waals surface area contributed by atoms with E-state index in [0.29, 0.717) is 30.3 Å². The number of nitrogens with one attached hydrogen (secondary N) is 1. The van der Waals surface area contributed by atoms with Crippen LogP contribution < -0.4 is 14.8 Å². The van der Waals surface area contributed by atoms with Crippen molar-refractivity contribution in [3.63, 3.8) is 0 Å². The van der Waals surface area contributed by atoms with Gasteiger partial charge in [0.1, 0.15) is 29.6 Å². The molecule has 134 valence electrons. The topological polar surface area (TPSA) is 78.5 Å². The summed E-state index contributed by atoms with van der Waals surface area (Å²) in [4.78, 5) is 12.3. The molecule has 7 heteroatoms. The number of furan rings is 1. The Kier molecular flexibility index (Phi) is 4.12. The maximum absolute atomic E-state index is 12.3. The Morgan fingerprint density at radius 2 is 2.04 bits per heavy atom. The van der Waals surface area contributed by atoms with Gasteiger partial charge in [0, 0.05) is 24.0 Å². The van der Waals surface area contributed by atoms with Gasteiger partial charge in [0.15, 0.2) is 0 Å². The molecule has 26 heavy (non-hydrogen) atoms. The highest BCUT2D eigenvalue weighted by atomic mass is 16.5. The number of carbonyl (C=O) groups excluding carboxylic acids is 1. The second-order valence-electron chi connectivity index (χ2n) is 6.14. The molecule has 0 fully saturated rings. The van der Waals surface area contributed by atoms with Gasteiger partial charge in [0.05, 0.1) is 26.7 Å². The first-order chi connectivity index (χ1) is 12.7. The molecular weight excluding hydrogens is 334 g/mol. The summed E-state index contributed by atoms with van der Waals surface area (Å²) in [5.74, 6) is 2.68. The molecule has 4 rings (SSSR count). The van der Waals surface area contributed by atoms with Crippen LogP contribution in [0.15, 0.2) is 47.2 Å². The fourth-order valence-corrected chi connectivity index (χ4v) is 3.27. The van der Waals surface area contributed by atoms with Crippen LogP contribution in [0.2, 0.25) is 0 Å². The van der Waals surface area contributed by atoms with Crippen LogP contribution >= 0.6 is 0 Å². The Hall–Kier alpha value is -3.22. The molecule has 1 amide bonds. The third kappa shape index (κ3) is 2.92. The van der Waals surface area contributed by atoms with E-state index >= 15 is 0 Å². The maximum atomic E-state index is 12.3. The first-order valence-electron chi connectivity index (χ1n) is 8.29. The van der Waals surface area contributed by atoms with Gasteiger partial charge in [-0.25, -0.2) is 4.68 Å². The van der Waals surface area contributed by atoms with Crippen molar-refractivity contribution in [1.82, 2.24) is 9.78 Å². The molecule has 0 aliphatic carbocycles. The molecule has 1 aliphatic rings. The number of rotatable bonds is 5. The Morgan fingerprint density at radius 3 is 2.69 bits per heavy atom. The lowest BCUT2D eigenvalue weighted by Gasteiger charge is -2.24. The summed E-state index contributed by atoms with van der Waals surface area (Å²) in [6, 6.07) is 9.38. The van der Waals surface area contributed by atoms with Crippen molar-refractivity contribution in [3.8, 4) is 11.5 Å². The van der Waals surface area contributed by atoms with E-state index in [4.69, 9.17) is 13.9 Å². The number of fused-ring (bicyclic) bond motifs is 1. The summed E-state index contributed by atoms with van der Waals surface area (Å²) < 4.78 is 17.9. The number of aromatic nitrogens is 2. The molecule has 1 N–H and O–H groups in total. The van der Waals surface area contributed by atoms with Crippen LogP contribution in [0, 0.1) is 0 Å². The van der Waals surface area contributed by atoms with Crippen LogP contribution in [0.1, 0.15) is 29.2 Å². The van der Waals surface area contributed by atoms with Gasteiger partial charge in [-0.1, -0.05) is 0 Å². The van der Waals surface area contributed by atoms with Crippen molar-refractivity contribution in [3.05, 3.63) is 59.7 Å². The zero-order valence-electron chi connectivity index (χ0n) is 14.6. The minimum absolute atomic E-state index is 0.0505. The Morgan fingerprint density at radius 1 is 1.27 bits per heavy atom. The molecule has 0 bridgehead atoms. The maximum Gasteiger partial charge on any atom is 0.226 e. The van der Waals surface area contributed by atoms with Crippen LogP contribution in [0.25, 0.3) is 0 Å². The highest BCUT2D eigenvalue weighted by Gasteiger charge is 2.30. The van der Waals surface area contributed by atoms with Gasteiger partial charge in [-0.3, -0.25) is 4.79 Å². The van der Waals surface area contributed by atoms with Crippen LogP contribution in [-0.4, -0.2) is 29.9 Å². The smallest absolute Gasteiger partial charge is 0.226 e. The average Bonchev–Trinajstić information content (AvgIpc) is 3.31. The molecule has 2 aromatic heterocycles. The molecule has 3 heterocycles. The van der Waals surface area contributed by atoms with Crippen LogP contribution in [0.5, 0.6) is 11.5 Å². The summed E-state index contributed by atoms with van der Waals surface area (Å²) in [7, 11) is 3.22. The largest absolute Gasteiger partial charge is 0.497 e. The molecule has 3 aromatic rings. The quantitative estimate of drug-likeness (QED) is 0.763. The Bertz CT molecular complexity index is 908. The SMILES string of the molecule is COc1cc(OC)cc([C@@H]2CC(=O)Nc3c2cnn3Cc2ccco2)c1. The summed E-state index contributed by atoms with van der Waals surface area (Å²) in [5.41, 5.74) is 1.92. The number of nitrogens with zero attached hydrogens (tertiary/aromatic N) is 2. The van der Waals surface area contributed by atoms with E-state index in [1.165, 1.54) is 0 Å².